The first kappa shape index (κ1) is 14.6. The third kappa shape index (κ3) is 3.82. The molecule has 2 rings (SSSR count). The number of carbonyl (C=O) groups excluding carboxylic acids is 1. The molecule has 0 unspecified atom stereocenters. The van der Waals surface area contributed by atoms with E-state index in [1.54, 1.807) is 13.1 Å². The minimum absolute atomic E-state index is 0.139. The fourth-order valence-corrected chi connectivity index (χ4v) is 2.21. The maximum absolute atomic E-state index is 11.3. The van der Waals surface area contributed by atoms with E-state index in [1.807, 2.05) is 11.0 Å². The number of aromatic nitrogens is 2. The summed E-state index contributed by atoms with van der Waals surface area (Å²) in [5.74, 6) is 1.76. The van der Waals surface area contributed by atoms with Crippen LogP contribution in [0.2, 0.25) is 0 Å². The molecule has 1 aliphatic heterocycles. The summed E-state index contributed by atoms with van der Waals surface area (Å²) in [4.78, 5) is 24.2. The second-order valence-electron chi connectivity index (χ2n) is 5.02. The maximum atomic E-state index is 11.3. The summed E-state index contributed by atoms with van der Waals surface area (Å²) in [6, 6.07) is 1.89. The second kappa shape index (κ2) is 7.07. The average molecular weight is 277 g/mol. The van der Waals surface area contributed by atoms with E-state index in [4.69, 9.17) is 0 Å². The molecule has 1 saturated heterocycles. The van der Waals surface area contributed by atoms with E-state index >= 15 is 0 Å². The van der Waals surface area contributed by atoms with Crippen molar-refractivity contribution in [1.82, 2.24) is 14.9 Å². The molecule has 0 atom stereocenters. The summed E-state index contributed by atoms with van der Waals surface area (Å²) < 4.78 is 0. The Morgan fingerprint density at radius 3 is 2.75 bits per heavy atom. The molecule has 20 heavy (non-hydrogen) atoms. The molecule has 0 aromatic carbocycles. The highest BCUT2D eigenvalue weighted by Crippen LogP contribution is 2.13. The van der Waals surface area contributed by atoms with Gasteiger partial charge in [-0.1, -0.05) is 13.3 Å². The summed E-state index contributed by atoms with van der Waals surface area (Å²) in [5, 5.41) is 3.31. The monoisotopic (exact) mass is 277 g/mol. The van der Waals surface area contributed by atoms with Gasteiger partial charge in [0.2, 0.25) is 11.9 Å². The lowest BCUT2D eigenvalue weighted by Gasteiger charge is -2.34. The molecule has 1 aromatic rings. The van der Waals surface area contributed by atoms with Crippen LogP contribution in [-0.4, -0.2) is 53.5 Å². The van der Waals surface area contributed by atoms with Gasteiger partial charge in [0.15, 0.2) is 0 Å². The second-order valence-corrected chi connectivity index (χ2v) is 5.02. The topological polar surface area (TPSA) is 61.4 Å². The smallest absolute Gasteiger partial charge is 0.227 e. The molecule has 6 nitrogen and oxygen atoms in total. The predicted molar refractivity (Wildman–Crippen MR) is 79.9 cm³/mol. The molecule has 1 aromatic heterocycles. The fraction of sp³-hybridized carbons (Fsp3) is 0.643. The lowest BCUT2D eigenvalue weighted by Crippen LogP contribution is -2.48. The molecular formula is C14H23N5O. The third-order valence-corrected chi connectivity index (χ3v) is 3.49. The molecule has 0 saturated carbocycles. The van der Waals surface area contributed by atoms with Crippen molar-refractivity contribution in [3.8, 4) is 0 Å². The largest absolute Gasteiger partial charge is 0.370 e. The summed E-state index contributed by atoms with van der Waals surface area (Å²) in [6.07, 6.45) is 4.09. The Hall–Kier alpha value is -1.85. The molecule has 1 aliphatic rings. The number of anilines is 2. The number of rotatable bonds is 5. The number of piperazine rings is 1. The standard InChI is InChI=1S/C14H23N5O/c1-3-4-6-15-13-5-7-16-14(17-13)19-10-8-18(9-11-19)12(2)20/h5,7H,3-4,6,8-11H2,1-2H3,(H,15,16,17). The minimum atomic E-state index is 0.139. The number of carbonyl (C=O) groups is 1. The fourth-order valence-electron chi connectivity index (χ4n) is 2.21. The number of amides is 1. The quantitative estimate of drug-likeness (QED) is 0.823. The van der Waals surface area contributed by atoms with Crippen molar-refractivity contribution in [1.29, 1.82) is 0 Å². The maximum Gasteiger partial charge on any atom is 0.227 e. The molecule has 0 aliphatic carbocycles. The van der Waals surface area contributed by atoms with E-state index < -0.39 is 0 Å². The van der Waals surface area contributed by atoms with E-state index in [0.29, 0.717) is 0 Å². The van der Waals surface area contributed by atoms with Gasteiger partial charge in [0.1, 0.15) is 5.82 Å². The predicted octanol–water partition coefficient (Wildman–Crippen LogP) is 1.36. The zero-order valence-electron chi connectivity index (χ0n) is 12.3. The van der Waals surface area contributed by atoms with Gasteiger partial charge in [0.25, 0.3) is 0 Å². The molecule has 1 N–H and O–H groups in total. The highest BCUT2D eigenvalue weighted by molar-refractivity contribution is 5.73. The van der Waals surface area contributed by atoms with Crippen molar-refractivity contribution >= 4 is 17.7 Å². The van der Waals surface area contributed by atoms with Gasteiger partial charge >= 0.3 is 0 Å². The van der Waals surface area contributed by atoms with Crippen LogP contribution in [0.4, 0.5) is 11.8 Å². The average Bonchev–Trinajstić information content (AvgIpc) is 2.48. The van der Waals surface area contributed by atoms with Gasteiger partial charge in [0, 0.05) is 45.8 Å². The summed E-state index contributed by atoms with van der Waals surface area (Å²) in [7, 11) is 0. The van der Waals surface area contributed by atoms with Crippen LogP contribution in [0.15, 0.2) is 12.3 Å². The van der Waals surface area contributed by atoms with Crippen LogP contribution in [0.1, 0.15) is 26.7 Å². The Kier molecular flexibility index (Phi) is 5.15. The number of unbranched alkanes of at least 4 members (excludes halogenated alkanes) is 1. The molecule has 110 valence electrons. The van der Waals surface area contributed by atoms with Crippen LogP contribution < -0.4 is 10.2 Å². The molecule has 0 spiro atoms. The first-order valence-corrected chi connectivity index (χ1v) is 7.28. The first-order chi connectivity index (χ1) is 9.70. The molecule has 2 heterocycles. The molecule has 1 amide bonds. The lowest BCUT2D eigenvalue weighted by atomic mass is 10.3. The van der Waals surface area contributed by atoms with Gasteiger partial charge in [-0.3, -0.25) is 4.79 Å². The van der Waals surface area contributed by atoms with Crippen LogP contribution in [0.25, 0.3) is 0 Å². The van der Waals surface area contributed by atoms with Crippen molar-refractivity contribution < 1.29 is 4.79 Å². The number of nitrogens with one attached hydrogen (secondary N) is 1. The molecule has 0 radical (unpaired) electrons. The molecular weight excluding hydrogens is 254 g/mol. The first-order valence-electron chi connectivity index (χ1n) is 7.28. The Morgan fingerprint density at radius 2 is 2.10 bits per heavy atom. The van der Waals surface area contributed by atoms with Gasteiger partial charge in [0.05, 0.1) is 0 Å². The van der Waals surface area contributed by atoms with Crippen molar-refractivity contribution in [2.45, 2.75) is 26.7 Å². The van der Waals surface area contributed by atoms with Crippen molar-refractivity contribution in [3.05, 3.63) is 12.3 Å². The lowest BCUT2D eigenvalue weighted by molar-refractivity contribution is -0.129. The summed E-state index contributed by atoms with van der Waals surface area (Å²) in [5.41, 5.74) is 0. The van der Waals surface area contributed by atoms with Gasteiger partial charge in [-0.05, 0) is 12.5 Å². The van der Waals surface area contributed by atoms with Crippen LogP contribution in [-0.2, 0) is 4.79 Å². The third-order valence-electron chi connectivity index (χ3n) is 3.49. The summed E-state index contributed by atoms with van der Waals surface area (Å²) in [6.45, 7) is 7.78. The van der Waals surface area contributed by atoms with E-state index in [2.05, 4.69) is 27.1 Å². The SMILES string of the molecule is CCCCNc1ccnc(N2CCN(C(C)=O)CC2)n1. The number of hydrogen-bond acceptors (Lipinski definition) is 5. The van der Waals surface area contributed by atoms with E-state index in [-0.39, 0.29) is 5.91 Å². The van der Waals surface area contributed by atoms with Crippen LogP contribution in [0, 0.1) is 0 Å². The minimum Gasteiger partial charge on any atom is -0.370 e. The number of hydrogen-bond donors (Lipinski definition) is 1. The Bertz CT molecular complexity index is 443. The van der Waals surface area contributed by atoms with Gasteiger partial charge in [-0.15, -0.1) is 0 Å². The molecule has 0 bridgehead atoms. The van der Waals surface area contributed by atoms with Gasteiger partial charge < -0.3 is 15.1 Å². The molecule has 1 fully saturated rings. The van der Waals surface area contributed by atoms with E-state index in [9.17, 15) is 4.79 Å². The highest BCUT2D eigenvalue weighted by atomic mass is 16.2. The van der Waals surface area contributed by atoms with Crippen molar-refractivity contribution in [3.63, 3.8) is 0 Å². The van der Waals surface area contributed by atoms with Crippen LogP contribution in [0.3, 0.4) is 0 Å². The highest BCUT2D eigenvalue weighted by Gasteiger charge is 2.20. The van der Waals surface area contributed by atoms with Crippen LogP contribution >= 0.6 is 0 Å². The van der Waals surface area contributed by atoms with E-state index in [1.165, 1.54) is 0 Å². The Labute approximate surface area is 120 Å². The summed E-state index contributed by atoms with van der Waals surface area (Å²) >= 11 is 0. The van der Waals surface area contributed by atoms with Gasteiger partial charge in [-0.2, -0.15) is 4.98 Å². The zero-order chi connectivity index (χ0) is 14.4. The normalized spacial score (nSPS) is 15.3. The van der Waals surface area contributed by atoms with Crippen molar-refractivity contribution in [2.75, 3.05) is 42.9 Å². The number of nitrogens with zero attached hydrogens (tertiary/aromatic N) is 4. The Balaban J connectivity index is 1.92. The van der Waals surface area contributed by atoms with E-state index in [0.717, 1.165) is 57.3 Å². The zero-order valence-corrected chi connectivity index (χ0v) is 12.3. The van der Waals surface area contributed by atoms with Crippen molar-refractivity contribution in [2.24, 2.45) is 0 Å². The van der Waals surface area contributed by atoms with Gasteiger partial charge in [-0.25, -0.2) is 4.98 Å². The Morgan fingerprint density at radius 1 is 1.35 bits per heavy atom. The van der Waals surface area contributed by atoms with Crippen LogP contribution in [0.5, 0.6) is 0 Å². The molecule has 6 heteroatoms.